The van der Waals surface area contributed by atoms with Gasteiger partial charge in [-0.3, -0.25) is 4.68 Å². The van der Waals surface area contributed by atoms with Crippen LogP contribution in [-0.4, -0.2) is 16.3 Å². The van der Waals surface area contributed by atoms with E-state index in [-0.39, 0.29) is 0 Å². The Kier molecular flexibility index (Phi) is 4.21. The lowest BCUT2D eigenvalue weighted by Gasteiger charge is -2.28. The molecule has 1 heterocycles. The zero-order valence-electron chi connectivity index (χ0n) is 11.4. The second kappa shape index (κ2) is 5.67. The second-order valence-electron chi connectivity index (χ2n) is 5.55. The third-order valence-corrected chi connectivity index (χ3v) is 4.10. The number of rotatable bonds is 4. The van der Waals surface area contributed by atoms with Gasteiger partial charge in [-0.15, -0.1) is 0 Å². The van der Waals surface area contributed by atoms with Crippen LogP contribution in [0.25, 0.3) is 0 Å². The molecule has 1 aliphatic carbocycles. The Morgan fingerprint density at radius 2 is 2.18 bits per heavy atom. The molecule has 2 atom stereocenters. The van der Waals surface area contributed by atoms with Crippen molar-refractivity contribution in [1.29, 1.82) is 0 Å². The Morgan fingerprint density at radius 3 is 2.82 bits per heavy atom. The van der Waals surface area contributed by atoms with E-state index in [0.29, 0.717) is 0 Å². The van der Waals surface area contributed by atoms with Crippen molar-refractivity contribution in [3.05, 3.63) is 17.5 Å². The molecule has 0 bridgehead atoms. The Labute approximate surface area is 105 Å². The van der Waals surface area contributed by atoms with Gasteiger partial charge in [0.15, 0.2) is 0 Å². The molecule has 3 nitrogen and oxygen atoms in total. The fraction of sp³-hybridized carbons (Fsp3) is 0.786. The van der Waals surface area contributed by atoms with E-state index >= 15 is 0 Å². The average Bonchev–Trinajstić information content (AvgIpc) is 2.60. The first-order chi connectivity index (χ1) is 8.16. The van der Waals surface area contributed by atoms with Crippen molar-refractivity contribution < 1.29 is 0 Å². The molecule has 0 amide bonds. The molecule has 0 saturated heterocycles. The highest BCUT2D eigenvalue weighted by Crippen LogP contribution is 2.28. The predicted octanol–water partition coefficient (Wildman–Crippen LogP) is 2.64. The molecule has 2 rings (SSSR count). The van der Waals surface area contributed by atoms with Crippen LogP contribution in [0.4, 0.5) is 0 Å². The summed E-state index contributed by atoms with van der Waals surface area (Å²) in [5, 5.41) is 7.96. The first kappa shape index (κ1) is 12.6. The minimum Gasteiger partial charge on any atom is -0.311 e. The summed E-state index contributed by atoms with van der Waals surface area (Å²) in [6.07, 6.45) is 5.66. The molecule has 1 saturated carbocycles. The van der Waals surface area contributed by atoms with Crippen LogP contribution >= 0.6 is 0 Å². The Morgan fingerprint density at radius 1 is 1.41 bits per heavy atom. The highest BCUT2D eigenvalue weighted by Gasteiger charge is 2.20. The maximum atomic E-state index is 4.37. The number of hydrogen-bond acceptors (Lipinski definition) is 2. The van der Waals surface area contributed by atoms with Gasteiger partial charge in [-0.25, -0.2) is 0 Å². The van der Waals surface area contributed by atoms with E-state index in [1.54, 1.807) is 0 Å². The topological polar surface area (TPSA) is 29.9 Å². The molecule has 1 aromatic rings. The minimum absolute atomic E-state index is 0.873. The summed E-state index contributed by atoms with van der Waals surface area (Å²) < 4.78 is 1.98. The van der Waals surface area contributed by atoms with Gasteiger partial charge in [-0.1, -0.05) is 26.2 Å². The van der Waals surface area contributed by atoms with E-state index in [4.69, 9.17) is 0 Å². The maximum absolute atomic E-state index is 4.37. The summed E-state index contributed by atoms with van der Waals surface area (Å²) >= 11 is 0. The monoisotopic (exact) mass is 235 g/mol. The molecule has 3 heteroatoms. The highest BCUT2D eigenvalue weighted by molar-refractivity contribution is 5.08. The van der Waals surface area contributed by atoms with Gasteiger partial charge in [0, 0.05) is 13.6 Å². The van der Waals surface area contributed by atoms with E-state index in [9.17, 15) is 0 Å². The Bertz CT molecular complexity index is 356. The van der Waals surface area contributed by atoms with Crippen LogP contribution in [0, 0.1) is 18.8 Å². The van der Waals surface area contributed by atoms with Gasteiger partial charge in [-0.05, 0) is 37.8 Å². The van der Waals surface area contributed by atoms with Crippen molar-refractivity contribution in [3.8, 4) is 0 Å². The third kappa shape index (κ3) is 3.32. The third-order valence-electron chi connectivity index (χ3n) is 4.10. The summed E-state index contributed by atoms with van der Waals surface area (Å²) in [5.74, 6) is 1.77. The van der Waals surface area contributed by atoms with E-state index in [1.807, 2.05) is 18.7 Å². The van der Waals surface area contributed by atoms with Crippen LogP contribution < -0.4 is 5.32 Å². The predicted molar refractivity (Wildman–Crippen MR) is 70.8 cm³/mol. The maximum Gasteiger partial charge on any atom is 0.0597 e. The first-order valence-electron chi connectivity index (χ1n) is 6.87. The fourth-order valence-electron chi connectivity index (χ4n) is 2.91. The highest BCUT2D eigenvalue weighted by atomic mass is 15.3. The van der Waals surface area contributed by atoms with Gasteiger partial charge in [-0.2, -0.15) is 5.10 Å². The summed E-state index contributed by atoms with van der Waals surface area (Å²) in [7, 11) is 2.02. The molecule has 1 aliphatic rings. The van der Waals surface area contributed by atoms with E-state index in [2.05, 4.69) is 23.4 Å². The van der Waals surface area contributed by atoms with Crippen molar-refractivity contribution in [2.75, 3.05) is 6.54 Å². The van der Waals surface area contributed by atoms with Gasteiger partial charge < -0.3 is 5.32 Å². The van der Waals surface area contributed by atoms with Crippen LogP contribution in [-0.2, 0) is 13.6 Å². The molecule has 0 spiro atoms. The lowest BCUT2D eigenvalue weighted by molar-refractivity contribution is 0.247. The van der Waals surface area contributed by atoms with Gasteiger partial charge in [0.2, 0.25) is 0 Å². The van der Waals surface area contributed by atoms with Crippen molar-refractivity contribution in [2.24, 2.45) is 18.9 Å². The van der Waals surface area contributed by atoms with Crippen molar-refractivity contribution in [2.45, 2.75) is 46.1 Å². The lowest BCUT2D eigenvalue weighted by Crippen LogP contribution is -2.29. The molecule has 1 N–H and O–H groups in total. The molecular formula is C14H25N3. The molecule has 1 aromatic heterocycles. The van der Waals surface area contributed by atoms with E-state index in [1.165, 1.54) is 31.4 Å². The number of hydrogen-bond donors (Lipinski definition) is 1. The zero-order valence-corrected chi connectivity index (χ0v) is 11.4. The quantitative estimate of drug-likeness (QED) is 0.869. The number of nitrogens with one attached hydrogen (secondary N) is 1. The molecule has 2 unspecified atom stereocenters. The Hall–Kier alpha value is -0.830. The van der Waals surface area contributed by atoms with Gasteiger partial charge in [0.05, 0.1) is 11.4 Å². The molecule has 0 radical (unpaired) electrons. The van der Waals surface area contributed by atoms with Crippen molar-refractivity contribution in [3.63, 3.8) is 0 Å². The largest absolute Gasteiger partial charge is 0.311 e. The van der Waals surface area contributed by atoms with Gasteiger partial charge in [0.1, 0.15) is 0 Å². The fourth-order valence-corrected chi connectivity index (χ4v) is 2.91. The van der Waals surface area contributed by atoms with Crippen LogP contribution in [0.3, 0.4) is 0 Å². The molecule has 1 fully saturated rings. The van der Waals surface area contributed by atoms with Crippen LogP contribution in [0.5, 0.6) is 0 Å². The number of aryl methyl sites for hydroxylation is 2. The molecule has 96 valence electrons. The normalized spacial score (nSPS) is 25.1. The van der Waals surface area contributed by atoms with Crippen LogP contribution in [0.2, 0.25) is 0 Å². The smallest absolute Gasteiger partial charge is 0.0597 e. The SMILES string of the molecule is Cc1cc(CNCC2CCCCC2C)n(C)n1. The van der Waals surface area contributed by atoms with Crippen LogP contribution in [0.15, 0.2) is 6.07 Å². The summed E-state index contributed by atoms with van der Waals surface area (Å²) in [5.41, 5.74) is 2.39. The first-order valence-corrected chi connectivity index (χ1v) is 6.87. The lowest BCUT2D eigenvalue weighted by atomic mass is 9.80. The standard InChI is InChI=1S/C14H25N3/c1-11-6-4-5-7-13(11)9-15-10-14-8-12(2)16-17(14)3/h8,11,13,15H,4-7,9-10H2,1-3H3. The number of nitrogens with zero attached hydrogens (tertiary/aromatic N) is 2. The minimum atomic E-state index is 0.873. The van der Waals surface area contributed by atoms with Crippen molar-refractivity contribution in [1.82, 2.24) is 15.1 Å². The average molecular weight is 235 g/mol. The summed E-state index contributed by atoms with van der Waals surface area (Å²) in [6.45, 7) is 6.55. The number of aromatic nitrogens is 2. The molecule has 0 aromatic carbocycles. The Balaban J connectivity index is 1.77. The van der Waals surface area contributed by atoms with Gasteiger partial charge in [0.25, 0.3) is 0 Å². The van der Waals surface area contributed by atoms with Crippen molar-refractivity contribution >= 4 is 0 Å². The molecule has 0 aliphatic heterocycles. The summed E-state index contributed by atoms with van der Waals surface area (Å²) in [6, 6.07) is 2.16. The molecule has 17 heavy (non-hydrogen) atoms. The van der Waals surface area contributed by atoms with E-state index < -0.39 is 0 Å². The van der Waals surface area contributed by atoms with Gasteiger partial charge >= 0.3 is 0 Å². The van der Waals surface area contributed by atoms with E-state index in [0.717, 1.165) is 30.6 Å². The zero-order chi connectivity index (χ0) is 12.3. The molecular weight excluding hydrogens is 210 g/mol. The summed E-state index contributed by atoms with van der Waals surface area (Å²) in [4.78, 5) is 0. The second-order valence-corrected chi connectivity index (χ2v) is 5.55. The van der Waals surface area contributed by atoms with Crippen LogP contribution in [0.1, 0.15) is 44.0 Å².